The molecular weight excluding hydrogens is 450 g/mol. The van der Waals surface area contributed by atoms with Crippen molar-refractivity contribution in [3.05, 3.63) is 0 Å². The second-order valence-electron chi connectivity index (χ2n) is 7.84. The SMILES string of the molecule is CCC(C)C(NC(=O)C(C)NC(=O)C(N)CCCN=C(N)N)C(=O)NC(CCSC)C(=O)O. The molecule has 0 saturated heterocycles. The van der Waals surface area contributed by atoms with Crippen LogP contribution < -0.4 is 33.2 Å². The number of carbonyl (C=O) groups is 4. The number of aliphatic imine (C=N–C) groups is 1. The van der Waals surface area contributed by atoms with Crippen LogP contribution in [0.15, 0.2) is 4.99 Å². The van der Waals surface area contributed by atoms with Gasteiger partial charge < -0.3 is 38.3 Å². The summed E-state index contributed by atoms with van der Waals surface area (Å²) in [6.07, 6.45) is 3.49. The monoisotopic (exact) mass is 489 g/mol. The maximum absolute atomic E-state index is 12.8. The van der Waals surface area contributed by atoms with Crippen molar-refractivity contribution in [3.63, 3.8) is 0 Å². The molecular formula is C20H39N7O5S. The number of nitrogens with zero attached hydrogens (tertiary/aromatic N) is 1. The van der Waals surface area contributed by atoms with Gasteiger partial charge in [0.05, 0.1) is 6.04 Å². The standard InChI is InChI=1S/C20H39N7O5S/c1-5-11(2)15(18(30)26-14(19(31)32)8-10-33-4)27-16(28)12(3)25-17(29)13(21)7-6-9-24-20(22)23/h11-15H,5-10,21H2,1-4H3,(H,25,29)(H,26,30)(H,27,28)(H,31,32)(H4,22,23,24). The summed E-state index contributed by atoms with van der Waals surface area (Å²) in [4.78, 5) is 53.0. The summed E-state index contributed by atoms with van der Waals surface area (Å²) < 4.78 is 0. The van der Waals surface area contributed by atoms with E-state index in [1.54, 1.807) is 6.92 Å². The molecule has 0 aliphatic rings. The van der Waals surface area contributed by atoms with E-state index in [0.717, 1.165) is 0 Å². The minimum atomic E-state index is -1.14. The zero-order chi connectivity index (χ0) is 25.6. The molecule has 0 fully saturated rings. The summed E-state index contributed by atoms with van der Waals surface area (Å²) >= 11 is 1.47. The number of guanidine groups is 1. The Hall–Kier alpha value is -2.54. The molecule has 0 saturated carbocycles. The summed E-state index contributed by atoms with van der Waals surface area (Å²) in [7, 11) is 0. The van der Waals surface area contributed by atoms with E-state index >= 15 is 0 Å². The van der Waals surface area contributed by atoms with Gasteiger partial charge >= 0.3 is 5.97 Å². The predicted octanol–water partition coefficient (Wildman–Crippen LogP) is -1.27. The van der Waals surface area contributed by atoms with Crippen molar-refractivity contribution < 1.29 is 24.3 Å². The Balaban J connectivity index is 4.98. The molecule has 0 aromatic carbocycles. The maximum atomic E-state index is 12.8. The molecule has 5 unspecified atom stereocenters. The van der Waals surface area contributed by atoms with Crippen LogP contribution in [0.2, 0.25) is 0 Å². The Morgan fingerprint density at radius 3 is 2.15 bits per heavy atom. The average molecular weight is 490 g/mol. The Kier molecular flexibility index (Phi) is 14.9. The van der Waals surface area contributed by atoms with Crippen LogP contribution in [0.1, 0.15) is 46.5 Å². The maximum Gasteiger partial charge on any atom is 0.326 e. The first kappa shape index (κ1) is 30.5. The summed E-state index contributed by atoms with van der Waals surface area (Å²) in [5.74, 6) is -2.56. The fourth-order valence-electron chi connectivity index (χ4n) is 2.77. The number of carboxylic acids is 1. The van der Waals surface area contributed by atoms with Crippen LogP contribution in [0, 0.1) is 5.92 Å². The fraction of sp³-hybridized carbons (Fsp3) is 0.750. The van der Waals surface area contributed by atoms with Gasteiger partial charge in [0, 0.05) is 6.54 Å². The van der Waals surface area contributed by atoms with Crippen molar-refractivity contribution in [2.24, 2.45) is 28.1 Å². The number of thioether (sulfide) groups is 1. The molecule has 13 heteroatoms. The van der Waals surface area contributed by atoms with E-state index in [1.807, 2.05) is 13.2 Å². The van der Waals surface area contributed by atoms with Crippen LogP contribution in [0.25, 0.3) is 0 Å². The van der Waals surface area contributed by atoms with Crippen molar-refractivity contribution in [3.8, 4) is 0 Å². The molecule has 190 valence electrons. The molecule has 0 rings (SSSR count). The van der Waals surface area contributed by atoms with Crippen LogP contribution in [0.5, 0.6) is 0 Å². The van der Waals surface area contributed by atoms with Crippen LogP contribution in [0.3, 0.4) is 0 Å². The second kappa shape index (κ2) is 16.1. The van der Waals surface area contributed by atoms with E-state index in [9.17, 15) is 24.3 Å². The summed E-state index contributed by atoms with van der Waals surface area (Å²) in [6.45, 7) is 5.44. The van der Waals surface area contributed by atoms with Gasteiger partial charge in [-0.15, -0.1) is 0 Å². The van der Waals surface area contributed by atoms with Gasteiger partial charge in [0.25, 0.3) is 0 Å². The van der Waals surface area contributed by atoms with Crippen molar-refractivity contribution >= 4 is 41.4 Å². The number of hydrogen-bond acceptors (Lipinski definition) is 7. The number of nitrogens with two attached hydrogens (primary N) is 3. The highest BCUT2D eigenvalue weighted by molar-refractivity contribution is 7.98. The lowest BCUT2D eigenvalue weighted by Crippen LogP contribution is -2.58. The average Bonchev–Trinajstić information content (AvgIpc) is 2.76. The first-order chi connectivity index (χ1) is 15.4. The van der Waals surface area contributed by atoms with E-state index < -0.39 is 47.9 Å². The molecule has 0 radical (unpaired) electrons. The molecule has 33 heavy (non-hydrogen) atoms. The molecule has 0 aromatic heterocycles. The highest BCUT2D eigenvalue weighted by Gasteiger charge is 2.31. The smallest absolute Gasteiger partial charge is 0.326 e. The summed E-state index contributed by atoms with van der Waals surface area (Å²) in [6, 6.07) is -3.81. The molecule has 3 amide bonds. The molecule has 0 heterocycles. The van der Waals surface area contributed by atoms with E-state index in [-0.39, 0.29) is 18.3 Å². The van der Waals surface area contributed by atoms with Crippen LogP contribution in [-0.4, -0.2) is 77.5 Å². The molecule has 0 bridgehead atoms. The topological polar surface area (TPSA) is 215 Å². The lowest BCUT2D eigenvalue weighted by Gasteiger charge is -2.27. The largest absolute Gasteiger partial charge is 0.480 e. The lowest BCUT2D eigenvalue weighted by molar-refractivity contribution is -0.142. The normalized spacial score (nSPS) is 15.3. The van der Waals surface area contributed by atoms with Crippen molar-refractivity contribution in [2.75, 3.05) is 18.6 Å². The van der Waals surface area contributed by atoms with Gasteiger partial charge in [-0.25, -0.2) is 4.79 Å². The molecule has 0 aliphatic heterocycles. The number of nitrogens with one attached hydrogen (secondary N) is 3. The molecule has 0 spiro atoms. The van der Waals surface area contributed by atoms with Crippen LogP contribution >= 0.6 is 11.8 Å². The number of amides is 3. The van der Waals surface area contributed by atoms with Gasteiger partial charge in [-0.2, -0.15) is 11.8 Å². The van der Waals surface area contributed by atoms with Crippen molar-refractivity contribution in [1.82, 2.24) is 16.0 Å². The fourth-order valence-corrected chi connectivity index (χ4v) is 3.24. The quantitative estimate of drug-likeness (QED) is 0.0779. The first-order valence-corrected chi connectivity index (χ1v) is 12.3. The van der Waals surface area contributed by atoms with Gasteiger partial charge in [-0.1, -0.05) is 20.3 Å². The van der Waals surface area contributed by atoms with E-state index in [0.29, 0.717) is 31.6 Å². The number of rotatable bonds is 16. The second-order valence-corrected chi connectivity index (χ2v) is 8.82. The highest BCUT2D eigenvalue weighted by Crippen LogP contribution is 2.10. The zero-order valence-electron chi connectivity index (χ0n) is 19.8. The number of aliphatic carboxylic acids is 1. The Morgan fingerprint density at radius 1 is 1.00 bits per heavy atom. The lowest BCUT2D eigenvalue weighted by atomic mass is 9.97. The van der Waals surface area contributed by atoms with Gasteiger partial charge in [-0.3, -0.25) is 19.4 Å². The molecule has 0 aromatic rings. The Bertz CT molecular complexity index is 688. The summed E-state index contributed by atoms with van der Waals surface area (Å²) in [5, 5.41) is 17.0. The third-order valence-corrected chi connectivity index (χ3v) is 5.72. The van der Waals surface area contributed by atoms with E-state index in [2.05, 4.69) is 20.9 Å². The number of carbonyl (C=O) groups excluding carboxylic acids is 3. The third-order valence-electron chi connectivity index (χ3n) is 5.07. The van der Waals surface area contributed by atoms with E-state index in [1.165, 1.54) is 18.7 Å². The van der Waals surface area contributed by atoms with Crippen molar-refractivity contribution in [1.29, 1.82) is 0 Å². The molecule has 0 aliphatic carbocycles. The zero-order valence-corrected chi connectivity index (χ0v) is 20.6. The van der Waals surface area contributed by atoms with Crippen molar-refractivity contribution in [2.45, 2.75) is 70.6 Å². The minimum Gasteiger partial charge on any atom is -0.480 e. The highest BCUT2D eigenvalue weighted by atomic mass is 32.2. The Morgan fingerprint density at radius 2 is 1.64 bits per heavy atom. The van der Waals surface area contributed by atoms with Gasteiger partial charge in [0.15, 0.2) is 5.96 Å². The molecule has 5 atom stereocenters. The minimum absolute atomic E-state index is 0.0443. The Labute approximate surface area is 199 Å². The first-order valence-electron chi connectivity index (χ1n) is 10.9. The number of hydrogen-bond donors (Lipinski definition) is 7. The predicted molar refractivity (Wildman–Crippen MR) is 129 cm³/mol. The molecule has 10 N–H and O–H groups in total. The molecule has 12 nitrogen and oxygen atoms in total. The van der Waals surface area contributed by atoms with Gasteiger partial charge in [0.1, 0.15) is 18.1 Å². The summed E-state index contributed by atoms with van der Waals surface area (Å²) in [5.41, 5.74) is 16.3. The van der Waals surface area contributed by atoms with Gasteiger partial charge in [0.2, 0.25) is 17.7 Å². The van der Waals surface area contributed by atoms with Crippen LogP contribution in [-0.2, 0) is 19.2 Å². The third kappa shape index (κ3) is 12.3. The van der Waals surface area contributed by atoms with Crippen LogP contribution in [0.4, 0.5) is 0 Å². The van der Waals surface area contributed by atoms with Gasteiger partial charge in [-0.05, 0) is 44.1 Å². The van der Waals surface area contributed by atoms with E-state index in [4.69, 9.17) is 17.2 Å². The number of carboxylic acid groups (broad SMARTS) is 1.